The molecule has 4 aromatic rings. The average Bonchev–Trinajstić information content (AvgIpc) is 4.09. The van der Waals surface area contributed by atoms with Gasteiger partial charge in [0.2, 0.25) is 0 Å². The van der Waals surface area contributed by atoms with Crippen LogP contribution in [0.25, 0.3) is 0 Å². The number of rotatable bonds is 20. The molecule has 0 spiro atoms. The summed E-state index contributed by atoms with van der Waals surface area (Å²) in [4.78, 5) is 0. The van der Waals surface area contributed by atoms with Gasteiger partial charge in [-0.25, -0.2) is 0 Å². The minimum atomic E-state index is -0.900. The van der Waals surface area contributed by atoms with Gasteiger partial charge in [-0.15, -0.1) is 0 Å². The molecule has 0 amide bonds. The van der Waals surface area contributed by atoms with Crippen LogP contribution in [0.3, 0.4) is 0 Å². The van der Waals surface area contributed by atoms with Gasteiger partial charge >= 0.3 is 0 Å². The summed E-state index contributed by atoms with van der Waals surface area (Å²) < 4.78 is 56.2. The first-order chi connectivity index (χ1) is 24.4. The summed E-state index contributed by atoms with van der Waals surface area (Å²) in [5, 5.41) is 10.7. The molecule has 266 valence electrons. The molecule has 2 fully saturated rings. The lowest BCUT2D eigenvalue weighted by atomic mass is 10.0. The Morgan fingerprint density at radius 2 is 0.800 bits per heavy atom. The Morgan fingerprint density at radius 3 is 1.08 bits per heavy atom. The van der Waals surface area contributed by atoms with E-state index in [-0.39, 0.29) is 25.4 Å². The van der Waals surface area contributed by atoms with Gasteiger partial charge in [-0.3, -0.25) is 0 Å². The third-order valence-electron chi connectivity index (χ3n) is 8.25. The van der Waals surface area contributed by atoms with E-state index in [1.54, 1.807) is 28.4 Å². The molecule has 2 unspecified atom stereocenters. The summed E-state index contributed by atoms with van der Waals surface area (Å²) in [6.07, 6.45) is 0.748. The molecule has 2 heterocycles. The Kier molecular flexibility index (Phi) is 11.7. The zero-order valence-corrected chi connectivity index (χ0v) is 28.8. The lowest BCUT2D eigenvalue weighted by Crippen LogP contribution is -2.25. The Hall–Kier alpha value is -4.84. The number of methoxy groups -OCH3 is 4. The number of epoxide rings is 2. The zero-order valence-electron chi connectivity index (χ0n) is 28.8. The summed E-state index contributed by atoms with van der Waals surface area (Å²) in [6, 6.07) is 23.3. The minimum Gasteiger partial charge on any atom is -0.493 e. The average molecular weight is 689 g/mol. The second kappa shape index (κ2) is 16.7. The molecule has 2 saturated heterocycles. The van der Waals surface area contributed by atoms with E-state index in [9.17, 15) is 5.11 Å². The van der Waals surface area contributed by atoms with Gasteiger partial charge in [-0.1, -0.05) is 24.3 Å². The molecule has 1 N–H and O–H groups in total. The molecule has 0 radical (unpaired) electrons. The Morgan fingerprint density at radius 1 is 0.500 bits per heavy atom. The summed E-state index contributed by atoms with van der Waals surface area (Å²) in [6.45, 7) is 2.52. The van der Waals surface area contributed by atoms with Crippen molar-refractivity contribution in [3.05, 3.63) is 95.1 Å². The van der Waals surface area contributed by atoms with Crippen LogP contribution >= 0.6 is 0 Å². The van der Waals surface area contributed by atoms with Crippen molar-refractivity contribution < 1.29 is 52.5 Å². The monoisotopic (exact) mass is 688 g/mol. The van der Waals surface area contributed by atoms with Gasteiger partial charge in [-0.05, 0) is 83.6 Å². The predicted octanol–water partition coefficient (Wildman–Crippen LogP) is 5.28. The summed E-state index contributed by atoms with van der Waals surface area (Å²) in [5.74, 6) is 4.91. The standard InChI is InChI=1S/C39H44O11/c1-41-36-15-25(13-27-7-11-34(38(17-27)43-3)49-23-30-21-45-30)5-9-32(36)47-19-29(40)20-48-33-10-6-26(16-37(33)42-2)14-28-8-12-35(39(18-28)44-4)50-24-31-22-46-31/h5-12,15-18,29-31,40H,13-14,19-24H2,1-4H3. The van der Waals surface area contributed by atoms with Crippen molar-refractivity contribution in [3.8, 4) is 46.0 Å². The normalized spacial score (nSPS) is 16.6. The third kappa shape index (κ3) is 9.65. The van der Waals surface area contributed by atoms with Crippen LogP contribution in [-0.4, -0.2) is 91.5 Å². The largest absolute Gasteiger partial charge is 0.493 e. The molecule has 2 atom stereocenters. The molecular weight excluding hydrogens is 644 g/mol. The first-order valence-corrected chi connectivity index (χ1v) is 16.5. The fraction of sp³-hybridized carbons (Fsp3) is 0.385. The van der Waals surface area contributed by atoms with Gasteiger partial charge in [0.15, 0.2) is 46.0 Å². The van der Waals surface area contributed by atoms with Crippen LogP contribution in [0.2, 0.25) is 0 Å². The Bertz CT molecular complexity index is 1590. The second-order valence-corrected chi connectivity index (χ2v) is 12.1. The fourth-order valence-corrected chi connectivity index (χ4v) is 5.35. The summed E-state index contributed by atoms with van der Waals surface area (Å²) in [5.41, 5.74) is 4.17. The maximum atomic E-state index is 10.7. The van der Waals surface area contributed by atoms with E-state index < -0.39 is 6.10 Å². The second-order valence-electron chi connectivity index (χ2n) is 12.1. The third-order valence-corrected chi connectivity index (χ3v) is 8.25. The molecule has 0 aromatic heterocycles. The van der Waals surface area contributed by atoms with E-state index >= 15 is 0 Å². The van der Waals surface area contributed by atoms with Crippen LogP contribution < -0.4 is 37.9 Å². The van der Waals surface area contributed by atoms with Gasteiger partial charge < -0.3 is 52.5 Å². The van der Waals surface area contributed by atoms with Gasteiger partial charge in [0.05, 0.1) is 41.7 Å². The molecule has 11 nitrogen and oxygen atoms in total. The molecular formula is C39H44O11. The van der Waals surface area contributed by atoms with E-state index in [0.29, 0.717) is 72.1 Å². The molecule has 0 bridgehead atoms. The molecule has 11 heteroatoms. The van der Waals surface area contributed by atoms with Crippen LogP contribution in [0.1, 0.15) is 22.3 Å². The maximum Gasteiger partial charge on any atom is 0.161 e. The van der Waals surface area contributed by atoms with Crippen molar-refractivity contribution in [3.63, 3.8) is 0 Å². The SMILES string of the molecule is COc1cc(Cc2ccc(OCC3CO3)c(OC)c2)ccc1OCC(O)COc1ccc(Cc2ccc(OCC3CO3)c(OC)c2)cc1OC. The Balaban J connectivity index is 0.995. The number of hydrogen-bond donors (Lipinski definition) is 1. The number of aliphatic hydroxyl groups excluding tert-OH is 1. The van der Waals surface area contributed by atoms with E-state index in [1.165, 1.54) is 0 Å². The minimum absolute atomic E-state index is 0.00981. The molecule has 0 saturated carbocycles. The van der Waals surface area contributed by atoms with Gasteiger partial charge in [0, 0.05) is 0 Å². The molecule has 4 aromatic carbocycles. The topological polar surface area (TPSA) is 119 Å². The molecule has 6 rings (SSSR count). The number of benzene rings is 4. The highest BCUT2D eigenvalue weighted by Crippen LogP contribution is 2.34. The zero-order chi connectivity index (χ0) is 34.9. The summed E-state index contributed by atoms with van der Waals surface area (Å²) in [7, 11) is 6.44. The van der Waals surface area contributed by atoms with E-state index in [0.717, 1.165) is 35.5 Å². The van der Waals surface area contributed by atoms with Crippen molar-refractivity contribution in [1.82, 2.24) is 0 Å². The van der Waals surface area contributed by atoms with Gasteiger partial charge in [0.25, 0.3) is 0 Å². The lowest BCUT2D eigenvalue weighted by molar-refractivity contribution is 0.0607. The smallest absolute Gasteiger partial charge is 0.161 e. The first-order valence-electron chi connectivity index (χ1n) is 16.5. The van der Waals surface area contributed by atoms with Gasteiger partial charge in [-0.2, -0.15) is 0 Å². The van der Waals surface area contributed by atoms with Crippen LogP contribution in [0.15, 0.2) is 72.8 Å². The van der Waals surface area contributed by atoms with Crippen LogP contribution in [0.5, 0.6) is 46.0 Å². The molecule has 50 heavy (non-hydrogen) atoms. The number of hydrogen-bond acceptors (Lipinski definition) is 11. The number of ether oxygens (including phenoxy) is 10. The van der Waals surface area contributed by atoms with Gasteiger partial charge in [0.1, 0.15) is 44.7 Å². The highest BCUT2D eigenvalue weighted by molar-refractivity contribution is 5.49. The van der Waals surface area contributed by atoms with Crippen LogP contribution in [-0.2, 0) is 22.3 Å². The van der Waals surface area contributed by atoms with E-state index in [4.69, 9.17) is 47.4 Å². The van der Waals surface area contributed by atoms with Crippen molar-refractivity contribution in [2.75, 3.05) is 68.1 Å². The quantitative estimate of drug-likeness (QED) is 0.122. The van der Waals surface area contributed by atoms with Crippen molar-refractivity contribution >= 4 is 0 Å². The van der Waals surface area contributed by atoms with E-state index in [2.05, 4.69) is 0 Å². The highest BCUT2D eigenvalue weighted by atomic mass is 16.6. The molecule has 2 aliphatic heterocycles. The predicted molar refractivity (Wildman–Crippen MR) is 185 cm³/mol. The van der Waals surface area contributed by atoms with Crippen LogP contribution in [0.4, 0.5) is 0 Å². The van der Waals surface area contributed by atoms with Crippen molar-refractivity contribution in [2.45, 2.75) is 31.2 Å². The highest BCUT2D eigenvalue weighted by Gasteiger charge is 2.24. The van der Waals surface area contributed by atoms with Crippen LogP contribution in [0, 0.1) is 0 Å². The lowest BCUT2D eigenvalue weighted by Gasteiger charge is -2.17. The van der Waals surface area contributed by atoms with E-state index in [1.807, 2.05) is 72.8 Å². The number of aliphatic hydroxyl groups is 1. The fourth-order valence-electron chi connectivity index (χ4n) is 5.35. The Labute approximate surface area is 292 Å². The summed E-state index contributed by atoms with van der Waals surface area (Å²) >= 11 is 0. The molecule has 2 aliphatic rings. The maximum absolute atomic E-state index is 10.7. The first kappa shape index (κ1) is 35.0. The van der Waals surface area contributed by atoms with Crippen molar-refractivity contribution in [2.24, 2.45) is 0 Å². The van der Waals surface area contributed by atoms with Crippen molar-refractivity contribution in [1.29, 1.82) is 0 Å². The molecule has 0 aliphatic carbocycles.